The predicted molar refractivity (Wildman–Crippen MR) is 109 cm³/mol. The number of H-pyrrole nitrogens is 1. The van der Waals surface area contributed by atoms with Crippen molar-refractivity contribution in [3.05, 3.63) is 75.2 Å². The third-order valence-electron chi connectivity index (χ3n) is 4.97. The van der Waals surface area contributed by atoms with Crippen molar-refractivity contribution >= 4 is 15.6 Å². The molecule has 0 aliphatic carbocycles. The number of alkyl halides is 3. The minimum atomic E-state index is -4.54. The molecule has 31 heavy (non-hydrogen) atoms. The molecular formula is C21H19F3N2O4S. The van der Waals surface area contributed by atoms with E-state index in [1.807, 2.05) is 0 Å². The second-order valence-corrected chi connectivity index (χ2v) is 9.01. The van der Waals surface area contributed by atoms with Gasteiger partial charge in [-0.2, -0.15) is 13.2 Å². The topological polar surface area (TPSA) is 89.0 Å². The number of hydrogen-bond acceptors (Lipinski definition) is 4. The Morgan fingerprint density at radius 1 is 1.06 bits per heavy atom. The quantitative estimate of drug-likeness (QED) is 0.596. The summed E-state index contributed by atoms with van der Waals surface area (Å²) in [6.45, 7) is 3.55. The Kier molecular flexibility index (Phi) is 5.70. The van der Waals surface area contributed by atoms with Gasteiger partial charge in [0, 0.05) is 30.1 Å². The number of ketones is 1. The van der Waals surface area contributed by atoms with E-state index in [1.165, 1.54) is 29.9 Å². The molecule has 10 heteroatoms. The summed E-state index contributed by atoms with van der Waals surface area (Å²) in [5.74, 6) is -0.612. The highest BCUT2D eigenvalue weighted by Crippen LogP contribution is 2.36. The molecule has 1 heterocycles. The monoisotopic (exact) mass is 452 g/mol. The standard InChI is InChI=1S/C21H19F3N2O4S/c1-4-26-20(28)16(11-25-26)19(27)15-9-10-17(31(3,29)30)18(12(15)2)13-5-7-14(8-6-13)21(22,23)24/h5-11,25H,4H2,1-3H3. The first-order valence-electron chi connectivity index (χ1n) is 9.20. The minimum Gasteiger partial charge on any atom is -0.302 e. The first kappa shape index (κ1) is 22.5. The molecule has 1 aromatic heterocycles. The van der Waals surface area contributed by atoms with E-state index in [2.05, 4.69) is 5.10 Å². The Morgan fingerprint density at radius 2 is 1.68 bits per heavy atom. The molecule has 0 amide bonds. The SMILES string of the molecule is CCn1[nH]cc(C(=O)c2ccc(S(C)(=O)=O)c(-c3ccc(C(F)(F)F)cc3)c2C)c1=O. The maximum Gasteiger partial charge on any atom is 0.416 e. The highest BCUT2D eigenvalue weighted by atomic mass is 32.2. The van der Waals surface area contributed by atoms with Crippen LogP contribution in [0.4, 0.5) is 13.2 Å². The first-order valence-corrected chi connectivity index (χ1v) is 11.1. The van der Waals surface area contributed by atoms with Crippen molar-refractivity contribution in [3.63, 3.8) is 0 Å². The molecule has 164 valence electrons. The van der Waals surface area contributed by atoms with Crippen LogP contribution in [0, 0.1) is 6.92 Å². The second-order valence-electron chi connectivity index (χ2n) is 7.02. The third kappa shape index (κ3) is 4.20. The van der Waals surface area contributed by atoms with Crippen LogP contribution in [-0.4, -0.2) is 30.2 Å². The molecule has 0 unspecified atom stereocenters. The number of halogens is 3. The number of hydrogen-bond donors (Lipinski definition) is 1. The zero-order chi connectivity index (χ0) is 23.1. The summed E-state index contributed by atoms with van der Waals surface area (Å²) in [4.78, 5) is 25.2. The number of carbonyl (C=O) groups excluding carboxylic acids is 1. The van der Waals surface area contributed by atoms with Gasteiger partial charge in [-0.15, -0.1) is 0 Å². The zero-order valence-corrected chi connectivity index (χ0v) is 17.7. The van der Waals surface area contributed by atoms with Crippen LogP contribution in [0.3, 0.4) is 0 Å². The van der Waals surface area contributed by atoms with Crippen LogP contribution in [0.1, 0.15) is 34.0 Å². The summed E-state index contributed by atoms with van der Waals surface area (Å²) >= 11 is 0. The van der Waals surface area contributed by atoms with Gasteiger partial charge >= 0.3 is 6.18 Å². The van der Waals surface area contributed by atoms with Crippen molar-refractivity contribution in [1.82, 2.24) is 9.78 Å². The van der Waals surface area contributed by atoms with Crippen molar-refractivity contribution in [3.8, 4) is 11.1 Å². The van der Waals surface area contributed by atoms with Gasteiger partial charge in [-0.05, 0) is 49.2 Å². The van der Waals surface area contributed by atoms with E-state index in [0.717, 1.165) is 30.5 Å². The highest BCUT2D eigenvalue weighted by molar-refractivity contribution is 7.90. The fraction of sp³-hybridized carbons (Fsp3) is 0.238. The normalized spacial score (nSPS) is 12.2. The number of nitrogens with one attached hydrogen (secondary N) is 1. The maximum absolute atomic E-state index is 13.0. The summed E-state index contributed by atoms with van der Waals surface area (Å²) in [6, 6.07) is 6.56. The number of aromatic amines is 1. The Morgan fingerprint density at radius 3 is 2.16 bits per heavy atom. The third-order valence-corrected chi connectivity index (χ3v) is 6.11. The molecule has 1 N–H and O–H groups in total. The molecule has 0 bridgehead atoms. The predicted octanol–water partition coefficient (Wildman–Crippen LogP) is 3.83. The largest absolute Gasteiger partial charge is 0.416 e. The van der Waals surface area contributed by atoms with Gasteiger partial charge in [-0.3, -0.25) is 14.3 Å². The van der Waals surface area contributed by atoms with Gasteiger partial charge in [-0.1, -0.05) is 12.1 Å². The number of benzene rings is 2. The van der Waals surface area contributed by atoms with Crippen molar-refractivity contribution in [1.29, 1.82) is 0 Å². The van der Waals surface area contributed by atoms with E-state index < -0.39 is 32.9 Å². The van der Waals surface area contributed by atoms with Crippen LogP contribution in [0.2, 0.25) is 0 Å². The summed E-state index contributed by atoms with van der Waals surface area (Å²) in [7, 11) is -3.76. The molecule has 0 atom stereocenters. The Labute approximate surface area is 176 Å². The van der Waals surface area contributed by atoms with E-state index in [9.17, 15) is 31.2 Å². The van der Waals surface area contributed by atoms with E-state index in [4.69, 9.17) is 0 Å². The maximum atomic E-state index is 13.0. The molecule has 0 spiro atoms. The highest BCUT2D eigenvalue weighted by Gasteiger charge is 2.30. The average Bonchev–Trinajstić information content (AvgIpc) is 3.06. The van der Waals surface area contributed by atoms with Crippen LogP contribution >= 0.6 is 0 Å². The summed E-state index contributed by atoms with van der Waals surface area (Å²) in [5, 5.41) is 2.68. The average molecular weight is 452 g/mol. The summed E-state index contributed by atoms with van der Waals surface area (Å²) < 4.78 is 64.7. The summed E-state index contributed by atoms with van der Waals surface area (Å²) in [6.07, 6.45) is -2.29. The Hall–Kier alpha value is -3.14. The smallest absolute Gasteiger partial charge is 0.302 e. The molecule has 0 saturated heterocycles. The molecule has 2 aromatic carbocycles. The second kappa shape index (κ2) is 7.84. The van der Waals surface area contributed by atoms with Crippen LogP contribution < -0.4 is 5.56 Å². The van der Waals surface area contributed by atoms with Gasteiger partial charge in [0.15, 0.2) is 15.6 Å². The van der Waals surface area contributed by atoms with E-state index in [1.54, 1.807) is 6.92 Å². The lowest BCUT2D eigenvalue weighted by molar-refractivity contribution is -0.137. The Bertz CT molecular complexity index is 1320. The molecule has 6 nitrogen and oxygen atoms in total. The molecule has 0 saturated carbocycles. The number of carbonyl (C=O) groups is 1. The molecular weight excluding hydrogens is 433 g/mol. The lowest BCUT2D eigenvalue weighted by atomic mass is 9.92. The molecule has 3 aromatic rings. The van der Waals surface area contributed by atoms with Crippen molar-refractivity contribution in [2.24, 2.45) is 0 Å². The van der Waals surface area contributed by atoms with Gasteiger partial charge in [0.25, 0.3) is 5.56 Å². The summed E-state index contributed by atoms with van der Waals surface area (Å²) in [5.41, 5.74) is -0.855. The van der Waals surface area contributed by atoms with Crippen molar-refractivity contribution < 1.29 is 26.4 Å². The number of nitrogens with zero attached hydrogens (tertiary/aromatic N) is 1. The Balaban J connectivity index is 2.23. The van der Waals surface area contributed by atoms with Gasteiger partial charge in [-0.25, -0.2) is 8.42 Å². The van der Waals surface area contributed by atoms with Crippen LogP contribution in [0.5, 0.6) is 0 Å². The molecule has 0 fully saturated rings. The number of sulfone groups is 1. The van der Waals surface area contributed by atoms with Gasteiger partial charge in [0.2, 0.25) is 0 Å². The fourth-order valence-electron chi connectivity index (χ4n) is 3.38. The van der Waals surface area contributed by atoms with E-state index in [0.29, 0.717) is 6.54 Å². The van der Waals surface area contributed by atoms with E-state index in [-0.39, 0.29) is 32.7 Å². The van der Waals surface area contributed by atoms with Crippen LogP contribution in [0.15, 0.2) is 52.3 Å². The minimum absolute atomic E-state index is 0.0849. The van der Waals surface area contributed by atoms with Crippen LogP contribution in [-0.2, 0) is 22.6 Å². The van der Waals surface area contributed by atoms with Gasteiger partial charge in [0.1, 0.15) is 5.56 Å². The first-order chi connectivity index (χ1) is 14.4. The zero-order valence-electron chi connectivity index (χ0n) is 16.9. The molecule has 3 rings (SSSR count). The fourth-order valence-corrected chi connectivity index (χ4v) is 4.33. The lowest BCUT2D eigenvalue weighted by Gasteiger charge is -2.16. The number of aromatic nitrogens is 2. The molecule has 0 aliphatic heterocycles. The number of rotatable bonds is 5. The van der Waals surface area contributed by atoms with Gasteiger partial charge < -0.3 is 5.10 Å². The lowest BCUT2D eigenvalue weighted by Crippen LogP contribution is -2.21. The molecule has 0 radical (unpaired) electrons. The van der Waals surface area contributed by atoms with Crippen molar-refractivity contribution in [2.45, 2.75) is 31.5 Å². The van der Waals surface area contributed by atoms with Gasteiger partial charge in [0.05, 0.1) is 10.5 Å². The number of aryl methyl sites for hydroxylation is 1. The van der Waals surface area contributed by atoms with Crippen molar-refractivity contribution in [2.75, 3.05) is 6.26 Å². The van der Waals surface area contributed by atoms with E-state index >= 15 is 0 Å². The molecule has 0 aliphatic rings. The van der Waals surface area contributed by atoms with Crippen LogP contribution in [0.25, 0.3) is 11.1 Å².